The third-order valence-electron chi connectivity index (χ3n) is 3.38. The van der Waals surface area contributed by atoms with Gasteiger partial charge in [-0.1, -0.05) is 6.42 Å². The van der Waals surface area contributed by atoms with Crippen LogP contribution in [0.15, 0.2) is 0 Å². The number of rotatable bonds is 3. The van der Waals surface area contributed by atoms with Crippen molar-refractivity contribution >= 4 is 9.84 Å². The minimum atomic E-state index is -2.73. The zero-order chi connectivity index (χ0) is 10.0. The standard InChI is InChI=1S/C10H19NO2S/c12-14(13)6-2-5-10(8-14)11-7-9-3-1-4-9/h9-11H,1-8H2. The summed E-state index contributed by atoms with van der Waals surface area (Å²) < 4.78 is 22.7. The van der Waals surface area contributed by atoms with Crippen LogP contribution in [0, 0.1) is 5.92 Å². The first-order valence-electron chi connectivity index (χ1n) is 5.59. The van der Waals surface area contributed by atoms with Gasteiger partial charge in [0.05, 0.1) is 11.5 Å². The highest BCUT2D eigenvalue weighted by molar-refractivity contribution is 7.91. The number of hydrogen-bond acceptors (Lipinski definition) is 3. The van der Waals surface area contributed by atoms with E-state index in [0.717, 1.165) is 25.3 Å². The maximum Gasteiger partial charge on any atom is 0.151 e. The summed E-state index contributed by atoms with van der Waals surface area (Å²) in [6, 6.07) is 0.231. The summed E-state index contributed by atoms with van der Waals surface area (Å²) in [6.45, 7) is 1.03. The molecule has 4 heteroatoms. The van der Waals surface area contributed by atoms with E-state index in [-0.39, 0.29) is 6.04 Å². The average Bonchev–Trinajstić information content (AvgIpc) is 1.99. The van der Waals surface area contributed by atoms with E-state index in [2.05, 4.69) is 5.32 Å². The van der Waals surface area contributed by atoms with Crippen LogP contribution in [0.2, 0.25) is 0 Å². The quantitative estimate of drug-likeness (QED) is 0.765. The fourth-order valence-corrected chi connectivity index (χ4v) is 3.88. The largest absolute Gasteiger partial charge is 0.313 e. The zero-order valence-electron chi connectivity index (χ0n) is 8.54. The van der Waals surface area contributed by atoms with Crippen LogP contribution in [0.4, 0.5) is 0 Å². The predicted octanol–water partition coefficient (Wildman–Crippen LogP) is 0.953. The third-order valence-corrected chi connectivity index (χ3v) is 5.20. The van der Waals surface area contributed by atoms with Crippen molar-refractivity contribution in [3.05, 3.63) is 0 Å². The van der Waals surface area contributed by atoms with Gasteiger partial charge < -0.3 is 5.32 Å². The molecule has 0 aromatic heterocycles. The van der Waals surface area contributed by atoms with Gasteiger partial charge in [0.25, 0.3) is 0 Å². The Bertz CT molecular complexity index is 282. The fraction of sp³-hybridized carbons (Fsp3) is 1.00. The molecule has 1 N–H and O–H groups in total. The summed E-state index contributed by atoms with van der Waals surface area (Å²) in [4.78, 5) is 0. The maximum absolute atomic E-state index is 11.3. The lowest BCUT2D eigenvalue weighted by Crippen LogP contribution is -2.43. The van der Waals surface area contributed by atoms with Crippen molar-refractivity contribution in [2.24, 2.45) is 5.92 Å². The molecule has 0 radical (unpaired) electrons. The van der Waals surface area contributed by atoms with Gasteiger partial charge in [-0.15, -0.1) is 0 Å². The third kappa shape index (κ3) is 2.70. The zero-order valence-corrected chi connectivity index (χ0v) is 9.35. The van der Waals surface area contributed by atoms with Crippen LogP contribution in [-0.2, 0) is 9.84 Å². The van der Waals surface area contributed by atoms with Gasteiger partial charge in [0.1, 0.15) is 0 Å². The summed E-state index contributed by atoms with van der Waals surface area (Å²) in [7, 11) is -2.73. The molecule has 82 valence electrons. The summed E-state index contributed by atoms with van der Waals surface area (Å²) in [5, 5.41) is 3.40. The Hall–Kier alpha value is -0.0900. The molecule has 1 unspecified atom stereocenters. The van der Waals surface area contributed by atoms with E-state index in [1.807, 2.05) is 0 Å². The molecule has 0 spiro atoms. The molecule has 1 saturated heterocycles. The van der Waals surface area contributed by atoms with Crippen LogP contribution < -0.4 is 5.32 Å². The van der Waals surface area contributed by atoms with Crippen molar-refractivity contribution in [1.29, 1.82) is 0 Å². The molecule has 1 saturated carbocycles. The Kier molecular flexibility index (Phi) is 3.12. The molecule has 0 bridgehead atoms. The second-order valence-corrected chi connectivity index (χ2v) is 6.89. The number of nitrogens with one attached hydrogen (secondary N) is 1. The molecule has 1 heterocycles. The predicted molar refractivity (Wildman–Crippen MR) is 57.0 cm³/mol. The summed E-state index contributed by atoms with van der Waals surface area (Å²) in [5.74, 6) is 1.58. The lowest BCUT2D eigenvalue weighted by atomic mass is 9.85. The van der Waals surface area contributed by atoms with E-state index in [9.17, 15) is 8.42 Å². The van der Waals surface area contributed by atoms with Gasteiger partial charge in [-0.25, -0.2) is 8.42 Å². The second-order valence-electron chi connectivity index (χ2n) is 4.66. The van der Waals surface area contributed by atoms with Gasteiger partial charge in [-0.05, 0) is 38.1 Å². The van der Waals surface area contributed by atoms with Crippen molar-refractivity contribution in [3.63, 3.8) is 0 Å². The van der Waals surface area contributed by atoms with Gasteiger partial charge in [-0.3, -0.25) is 0 Å². The monoisotopic (exact) mass is 217 g/mol. The van der Waals surface area contributed by atoms with E-state index in [0.29, 0.717) is 11.5 Å². The highest BCUT2D eigenvalue weighted by atomic mass is 32.2. The van der Waals surface area contributed by atoms with Gasteiger partial charge in [0.2, 0.25) is 0 Å². The van der Waals surface area contributed by atoms with Crippen molar-refractivity contribution in [3.8, 4) is 0 Å². The molecule has 1 aliphatic carbocycles. The Balaban J connectivity index is 1.74. The smallest absolute Gasteiger partial charge is 0.151 e. The van der Waals surface area contributed by atoms with Crippen molar-refractivity contribution in [2.45, 2.75) is 38.1 Å². The highest BCUT2D eigenvalue weighted by Crippen LogP contribution is 2.25. The van der Waals surface area contributed by atoms with Crippen LogP contribution in [0.3, 0.4) is 0 Å². The van der Waals surface area contributed by atoms with Crippen LogP contribution >= 0.6 is 0 Å². The first-order valence-corrected chi connectivity index (χ1v) is 7.42. The lowest BCUT2D eigenvalue weighted by Gasteiger charge is -2.29. The number of hydrogen-bond donors (Lipinski definition) is 1. The summed E-state index contributed by atoms with van der Waals surface area (Å²) >= 11 is 0. The van der Waals surface area contributed by atoms with E-state index in [1.54, 1.807) is 0 Å². The lowest BCUT2D eigenvalue weighted by molar-refractivity contribution is 0.288. The van der Waals surface area contributed by atoms with E-state index in [4.69, 9.17) is 0 Å². The molecule has 0 aromatic rings. The van der Waals surface area contributed by atoms with Gasteiger partial charge in [0, 0.05) is 6.04 Å². The Labute approximate surface area is 86.2 Å². The molecular formula is C10H19NO2S. The molecule has 1 atom stereocenters. The Morgan fingerprint density at radius 1 is 1.14 bits per heavy atom. The maximum atomic E-state index is 11.3. The molecule has 0 amide bonds. The molecular weight excluding hydrogens is 198 g/mol. The summed E-state index contributed by atoms with van der Waals surface area (Å²) in [5.41, 5.74) is 0. The molecule has 2 aliphatic rings. The van der Waals surface area contributed by atoms with Gasteiger partial charge in [0.15, 0.2) is 9.84 Å². The molecule has 0 aromatic carbocycles. The van der Waals surface area contributed by atoms with Crippen molar-refractivity contribution in [2.75, 3.05) is 18.1 Å². The van der Waals surface area contributed by atoms with Crippen LogP contribution in [0.25, 0.3) is 0 Å². The topological polar surface area (TPSA) is 46.2 Å². The van der Waals surface area contributed by atoms with Crippen molar-refractivity contribution < 1.29 is 8.42 Å². The van der Waals surface area contributed by atoms with E-state index >= 15 is 0 Å². The minimum Gasteiger partial charge on any atom is -0.313 e. The highest BCUT2D eigenvalue weighted by Gasteiger charge is 2.25. The molecule has 2 fully saturated rings. The van der Waals surface area contributed by atoms with Crippen LogP contribution in [0.5, 0.6) is 0 Å². The van der Waals surface area contributed by atoms with Crippen molar-refractivity contribution in [1.82, 2.24) is 5.32 Å². The van der Waals surface area contributed by atoms with Crippen LogP contribution in [-0.4, -0.2) is 32.5 Å². The molecule has 14 heavy (non-hydrogen) atoms. The second kappa shape index (κ2) is 4.19. The fourth-order valence-electron chi connectivity index (χ4n) is 2.21. The first kappa shape index (κ1) is 10.4. The Morgan fingerprint density at radius 2 is 1.93 bits per heavy atom. The SMILES string of the molecule is O=S1(=O)CCCC(NCC2CCC2)C1. The van der Waals surface area contributed by atoms with E-state index < -0.39 is 9.84 Å². The molecule has 3 nitrogen and oxygen atoms in total. The molecule has 1 aliphatic heterocycles. The first-order chi connectivity index (χ1) is 6.66. The van der Waals surface area contributed by atoms with Gasteiger partial charge in [-0.2, -0.15) is 0 Å². The summed E-state index contributed by atoms with van der Waals surface area (Å²) in [6.07, 6.45) is 5.88. The van der Waals surface area contributed by atoms with Crippen LogP contribution in [0.1, 0.15) is 32.1 Å². The normalized spacial score (nSPS) is 32.4. The Morgan fingerprint density at radius 3 is 2.50 bits per heavy atom. The molecule has 2 rings (SSSR count). The minimum absolute atomic E-state index is 0.231. The van der Waals surface area contributed by atoms with E-state index in [1.165, 1.54) is 19.3 Å². The van der Waals surface area contributed by atoms with Gasteiger partial charge >= 0.3 is 0 Å². The number of sulfone groups is 1. The average molecular weight is 217 g/mol.